The van der Waals surface area contributed by atoms with E-state index in [-0.39, 0.29) is 6.10 Å². The van der Waals surface area contributed by atoms with Crippen LogP contribution >= 0.6 is 27.5 Å². The third kappa shape index (κ3) is 3.76. The van der Waals surface area contributed by atoms with Gasteiger partial charge in [0.1, 0.15) is 11.4 Å². The van der Waals surface area contributed by atoms with Crippen LogP contribution in [-0.4, -0.2) is 16.2 Å². The first kappa shape index (κ1) is 16.3. The summed E-state index contributed by atoms with van der Waals surface area (Å²) in [7, 11) is 0. The molecule has 5 heteroatoms. The molecule has 1 N–H and O–H groups in total. The zero-order valence-corrected chi connectivity index (χ0v) is 14.4. The molecule has 1 aromatic carbocycles. The van der Waals surface area contributed by atoms with Crippen LogP contribution in [-0.2, 0) is 5.60 Å². The summed E-state index contributed by atoms with van der Waals surface area (Å²) in [5, 5.41) is 11.4. The molecule has 0 bridgehead atoms. The number of aliphatic hydroxyl groups is 1. The molecular formula is C16H17BrClNO2. The molecule has 1 heterocycles. The Morgan fingerprint density at radius 3 is 2.62 bits per heavy atom. The topological polar surface area (TPSA) is 42.4 Å². The summed E-state index contributed by atoms with van der Waals surface area (Å²) in [5.41, 5.74) is 0.00181. The van der Waals surface area contributed by atoms with Crippen LogP contribution in [0, 0.1) is 0 Å². The Bertz CT molecular complexity index is 644. The lowest BCUT2D eigenvalue weighted by molar-refractivity contribution is 0.101. The highest BCUT2D eigenvalue weighted by molar-refractivity contribution is 9.10. The molecule has 1 aromatic heterocycles. The van der Waals surface area contributed by atoms with Crippen LogP contribution in [0.2, 0.25) is 5.02 Å². The molecule has 0 radical (unpaired) electrons. The summed E-state index contributed by atoms with van der Waals surface area (Å²) in [6, 6.07) is 7.18. The molecule has 21 heavy (non-hydrogen) atoms. The molecular weight excluding hydrogens is 354 g/mol. The van der Waals surface area contributed by atoms with Crippen molar-refractivity contribution < 1.29 is 9.84 Å². The summed E-state index contributed by atoms with van der Waals surface area (Å²) >= 11 is 9.61. The van der Waals surface area contributed by atoms with Gasteiger partial charge in [0.05, 0.1) is 12.3 Å². The molecule has 1 unspecified atom stereocenters. The number of benzene rings is 1. The minimum Gasteiger partial charge on any atom is -0.489 e. The van der Waals surface area contributed by atoms with Gasteiger partial charge in [0.2, 0.25) is 0 Å². The van der Waals surface area contributed by atoms with Crippen LogP contribution in [0.5, 0.6) is 5.75 Å². The molecule has 0 aliphatic carbocycles. The van der Waals surface area contributed by atoms with Crippen LogP contribution in [0.25, 0.3) is 0 Å². The van der Waals surface area contributed by atoms with E-state index in [2.05, 4.69) is 20.9 Å². The maximum Gasteiger partial charge on any atom is 0.138 e. The van der Waals surface area contributed by atoms with Gasteiger partial charge in [-0.25, -0.2) is 0 Å². The summed E-state index contributed by atoms with van der Waals surface area (Å²) in [4.78, 5) is 4.14. The van der Waals surface area contributed by atoms with E-state index in [0.717, 1.165) is 4.47 Å². The van der Waals surface area contributed by atoms with Crippen molar-refractivity contribution in [1.82, 2.24) is 4.98 Å². The molecule has 112 valence electrons. The van der Waals surface area contributed by atoms with Crippen molar-refractivity contribution >= 4 is 27.5 Å². The lowest BCUT2D eigenvalue weighted by Gasteiger charge is -2.26. The summed E-state index contributed by atoms with van der Waals surface area (Å²) in [5.74, 6) is 0.621. The predicted octanol–water partition coefficient (Wildman–Crippen LogP) is 4.54. The van der Waals surface area contributed by atoms with E-state index in [1.54, 1.807) is 37.5 Å². The van der Waals surface area contributed by atoms with Gasteiger partial charge in [0, 0.05) is 26.8 Å². The van der Waals surface area contributed by atoms with Gasteiger partial charge in [-0.2, -0.15) is 0 Å². The standard InChI is InChI=1S/C16H17BrClNO2/c1-10(2)21-13-6-11(8-19-9-13)16(3,20)14-5-4-12(17)7-15(14)18/h4-10,20H,1-3H3. The van der Waals surface area contributed by atoms with Gasteiger partial charge < -0.3 is 9.84 Å². The van der Waals surface area contributed by atoms with Crippen molar-refractivity contribution in [3.63, 3.8) is 0 Å². The van der Waals surface area contributed by atoms with Gasteiger partial charge in [0.25, 0.3) is 0 Å². The molecule has 2 rings (SSSR count). The van der Waals surface area contributed by atoms with E-state index >= 15 is 0 Å². The maximum absolute atomic E-state index is 10.9. The van der Waals surface area contributed by atoms with E-state index in [1.165, 1.54) is 0 Å². The molecule has 3 nitrogen and oxygen atoms in total. The molecule has 0 spiro atoms. The first-order valence-electron chi connectivity index (χ1n) is 6.61. The first-order valence-corrected chi connectivity index (χ1v) is 7.78. The number of aromatic nitrogens is 1. The lowest BCUT2D eigenvalue weighted by Crippen LogP contribution is -2.23. The quantitative estimate of drug-likeness (QED) is 0.859. The lowest BCUT2D eigenvalue weighted by atomic mass is 9.89. The molecule has 1 atom stereocenters. The van der Waals surface area contributed by atoms with Crippen LogP contribution < -0.4 is 4.74 Å². The van der Waals surface area contributed by atoms with Crippen LogP contribution in [0.3, 0.4) is 0 Å². The van der Waals surface area contributed by atoms with Crippen molar-refractivity contribution in [1.29, 1.82) is 0 Å². The van der Waals surface area contributed by atoms with Crippen molar-refractivity contribution in [2.24, 2.45) is 0 Å². The Balaban J connectivity index is 2.43. The van der Waals surface area contributed by atoms with Crippen LogP contribution in [0.4, 0.5) is 0 Å². The molecule has 0 saturated carbocycles. The van der Waals surface area contributed by atoms with Gasteiger partial charge in [-0.1, -0.05) is 33.6 Å². The summed E-state index contributed by atoms with van der Waals surface area (Å²) in [6.07, 6.45) is 3.29. The van der Waals surface area contributed by atoms with E-state index in [4.69, 9.17) is 16.3 Å². The van der Waals surface area contributed by atoms with Gasteiger partial charge in [0.15, 0.2) is 0 Å². The zero-order chi connectivity index (χ0) is 15.6. The largest absolute Gasteiger partial charge is 0.489 e. The molecule has 2 aromatic rings. The normalized spacial score (nSPS) is 14.0. The summed E-state index contributed by atoms with van der Waals surface area (Å²) < 4.78 is 6.48. The van der Waals surface area contributed by atoms with Gasteiger partial charge in [-0.15, -0.1) is 0 Å². The smallest absolute Gasteiger partial charge is 0.138 e. The predicted molar refractivity (Wildman–Crippen MR) is 87.8 cm³/mol. The minimum atomic E-state index is -1.25. The Morgan fingerprint density at radius 1 is 1.29 bits per heavy atom. The number of ether oxygens (including phenoxy) is 1. The van der Waals surface area contributed by atoms with Crippen molar-refractivity contribution in [3.05, 3.63) is 57.3 Å². The number of halogens is 2. The van der Waals surface area contributed by atoms with Crippen LogP contribution in [0.15, 0.2) is 41.1 Å². The molecule has 0 fully saturated rings. The number of hydrogen-bond donors (Lipinski definition) is 1. The van der Waals surface area contributed by atoms with E-state index in [0.29, 0.717) is 21.9 Å². The molecule has 0 saturated heterocycles. The highest BCUT2D eigenvalue weighted by Gasteiger charge is 2.29. The Labute approximate surface area is 138 Å². The zero-order valence-electron chi connectivity index (χ0n) is 12.1. The second kappa shape index (κ2) is 6.34. The van der Waals surface area contributed by atoms with Crippen LogP contribution in [0.1, 0.15) is 31.9 Å². The Morgan fingerprint density at radius 2 is 2.00 bits per heavy atom. The Hall–Kier alpha value is -1.10. The fourth-order valence-electron chi connectivity index (χ4n) is 2.06. The molecule has 0 aliphatic heterocycles. The van der Waals surface area contributed by atoms with Gasteiger partial charge in [-0.3, -0.25) is 4.98 Å². The second-order valence-corrected chi connectivity index (χ2v) is 6.60. The second-order valence-electron chi connectivity index (χ2n) is 5.27. The fraction of sp³-hybridized carbons (Fsp3) is 0.312. The van der Waals surface area contributed by atoms with Crippen molar-refractivity contribution in [2.45, 2.75) is 32.5 Å². The fourth-order valence-corrected chi connectivity index (χ4v) is 2.92. The third-order valence-electron chi connectivity index (χ3n) is 3.10. The average Bonchev–Trinajstić information content (AvgIpc) is 2.37. The van der Waals surface area contributed by atoms with E-state index < -0.39 is 5.60 Å². The van der Waals surface area contributed by atoms with Gasteiger partial charge >= 0.3 is 0 Å². The van der Waals surface area contributed by atoms with Gasteiger partial charge in [-0.05, 0) is 39.0 Å². The van der Waals surface area contributed by atoms with Crippen molar-refractivity contribution in [3.8, 4) is 5.75 Å². The first-order chi connectivity index (χ1) is 9.80. The SMILES string of the molecule is CC(C)Oc1cncc(C(C)(O)c2ccc(Br)cc2Cl)c1. The summed E-state index contributed by atoms with van der Waals surface area (Å²) in [6.45, 7) is 5.57. The third-order valence-corrected chi connectivity index (χ3v) is 3.91. The molecule has 0 amide bonds. The highest BCUT2D eigenvalue weighted by atomic mass is 79.9. The van der Waals surface area contributed by atoms with Crippen molar-refractivity contribution in [2.75, 3.05) is 0 Å². The monoisotopic (exact) mass is 369 g/mol. The minimum absolute atomic E-state index is 0.0447. The van der Waals surface area contributed by atoms with E-state index in [1.807, 2.05) is 19.9 Å². The number of rotatable bonds is 4. The maximum atomic E-state index is 10.9. The number of pyridine rings is 1. The number of hydrogen-bond acceptors (Lipinski definition) is 3. The molecule has 0 aliphatic rings. The number of nitrogens with zero attached hydrogens (tertiary/aromatic N) is 1. The Kier molecular flexibility index (Phi) is 4.91. The average molecular weight is 371 g/mol. The van der Waals surface area contributed by atoms with E-state index in [9.17, 15) is 5.11 Å². The highest BCUT2D eigenvalue weighted by Crippen LogP contribution is 2.36.